The third kappa shape index (κ3) is 10.7. The predicted octanol–water partition coefficient (Wildman–Crippen LogP) is 18.3. The van der Waals surface area contributed by atoms with Gasteiger partial charge in [0.25, 0.3) is 5.91 Å². The lowest BCUT2D eigenvalue weighted by atomic mass is 10.0. The third-order valence-electron chi connectivity index (χ3n) is 13.8. The molecule has 0 saturated carbocycles. The van der Waals surface area contributed by atoms with Crippen molar-refractivity contribution in [1.82, 2.24) is 0 Å². The largest absolute Gasteiger partial charge is 0.494 e. The fourth-order valence-electron chi connectivity index (χ4n) is 9.71. The molecule has 0 radical (unpaired) electrons. The zero-order valence-corrected chi connectivity index (χ0v) is 43.6. The lowest BCUT2D eigenvalue weighted by molar-refractivity contribution is 0.0990. The Balaban J connectivity index is 0.731. The Hall–Kier alpha value is -10.0. The zero-order chi connectivity index (χ0) is 53.4. The summed E-state index contributed by atoms with van der Waals surface area (Å²) in [6.07, 6.45) is 8.33. The van der Waals surface area contributed by atoms with E-state index >= 15 is 0 Å². The van der Waals surface area contributed by atoms with Crippen LogP contribution < -0.4 is 19.4 Å². The Morgan fingerprint density at radius 1 is 0.423 bits per heavy atom. The van der Waals surface area contributed by atoms with Crippen molar-refractivity contribution in [2.24, 2.45) is 20.5 Å². The monoisotopic (exact) mass is 1020 g/mol. The van der Waals surface area contributed by atoms with Crippen molar-refractivity contribution in [2.45, 2.75) is 6.61 Å². The minimum absolute atomic E-state index is 0.213. The number of rotatable bonds is 16. The van der Waals surface area contributed by atoms with Crippen LogP contribution in [0.4, 0.5) is 34.1 Å². The lowest BCUT2D eigenvalue weighted by Crippen LogP contribution is -2.27. The number of hydrogen-bond donors (Lipinski definition) is 0. The summed E-state index contributed by atoms with van der Waals surface area (Å²) in [5.74, 6) is 0.768. The van der Waals surface area contributed by atoms with Gasteiger partial charge in [-0.3, -0.25) is 14.7 Å². The number of carbonyl (C=O) groups excluding carboxylic acids is 1. The maximum absolute atomic E-state index is 14.3. The molecule has 0 heterocycles. The first-order valence-corrected chi connectivity index (χ1v) is 25.6. The molecule has 0 aliphatic heterocycles. The standard InChI is InChI=1S/C68H54N6O4/c1-73(62-25-13-19-50-15-5-9-21-57(50)62)68(75)61-44-53-18-8-12-24-60(53)65(67(61)77-4)72-70-56-41-37-49(38-42-56)34-32-47-29-27-46(28-30-47)31-33-48-35-39-55(40-36-48)69-71-64-59-23-11-7-17-52(59)43-54(66(64)76-3)45-78-74(2)63-26-14-20-51-16-6-10-22-58(51)63/h5-44H,45H2,1-4H3. The molecule has 0 saturated heterocycles. The summed E-state index contributed by atoms with van der Waals surface area (Å²) in [5.41, 5.74) is 9.76. The first-order valence-electron chi connectivity index (χ1n) is 25.6. The normalized spacial score (nSPS) is 11.8. The molecule has 380 valence electrons. The van der Waals surface area contributed by atoms with E-state index in [1.165, 1.54) is 0 Å². The van der Waals surface area contributed by atoms with Gasteiger partial charge in [-0.05, 0) is 92.3 Å². The Bertz CT molecular complexity index is 4100. The van der Waals surface area contributed by atoms with Crippen LogP contribution in [-0.4, -0.2) is 34.2 Å². The van der Waals surface area contributed by atoms with Crippen LogP contribution in [0.1, 0.15) is 38.2 Å². The SMILES string of the molecule is COc1c(CON(C)c2cccc3ccccc23)cc2ccccc2c1N=Nc1ccc(C=Cc2ccc(C=Cc3ccc(N=Nc4c(OC)c(C(=O)N(C)c5cccc6ccccc56)cc5ccccc45)cc3)cc2)cc1. The Morgan fingerprint density at radius 2 is 0.821 bits per heavy atom. The molecule has 0 aromatic heterocycles. The van der Waals surface area contributed by atoms with E-state index in [1.807, 2.05) is 170 Å². The van der Waals surface area contributed by atoms with Gasteiger partial charge in [-0.1, -0.05) is 194 Å². The summed E-state index contributed by atoms with van der Waals surface area (Å²) in [6, 6.07) is 72.6. The average Bonchev–Trinajstić information content (AvgIpc) is 3.54. The van der Waals surface area contributed by atoms with Crippen molar-refractivity contribution in [3.63, 3.8) is 0 Å². The molecule has 0 N–H and O–H groups in total. The van der Waals surface area contributed by atoms with Gasteiger partial charge in [0.2, 0.25) is 0 Å². The summed E-state index contributed by atoms with van der Waals surface area (Å²) in [5, 5.41) is 28.5. The highest BCUT2D eigenvalue weighted by Crippen LogP contribution is 2.43. The van der Waals surface area contributed by atoms with Crippen molar-refractivity contribution in [1.29, 1.82) is 0 Å². The molecule has 0 aliphatic rings. The number of hydroxylamine groups is 1. The number of carbonyl (C=O) groups is 1. The summed E-state index contributed by atoms with van der Waals surface area (Å²) in [7, 11) is 6.92. The topological polar surface area (TPSA) is 101 Å². The molecular formula is C68H54N6O4. The number of azo groups is 2. The molecule has 78 heavy (non-hydrogen) atoms. The maximum Gasteiger partial charge on any atom is 0.261 e. The van der Waals surface area contributed by atoms with Crippen LogP contribution in [-0.2, 0) is 11.4 Å². The van der Waals surface area contributed by atoms with E-state index in [-0.39, 0.29) is 12.5 Å². The first kappa shape index (κ1) is 50.1. The predicted molar refractivity (Wildman–Crippen MR) is 320 cm³/mol. The van der Waals surface area contributed by atoms with Crippen molar-refractivity contribution in [2.75, 3.05) is 38.3 Å². The van der Waals surface area contributed by atoms with E-state index in [9.17, 15) is 4.79 Å². The number of methoxy groups -OCH3 is 2. The Kier molecular flexibility index (Phi) is 14.7. The highest BCUT2D eigenvalue weighted by molar-refractivity contribution is 6.15. The smallest absolute Gasteiger partial charge is 0.261 e. The number of benzene rings is 11. The van der Waals surface area contributed by atoms with Crippen LogP contribution in [0.5, 0.6) is 11.5 Å². The molecule has 0 bridgehead atoms. The third-order valence-corrected chi connectivity index (χ3v) is 13.8. The van der Waals surface area contributed by atoms with Crippen LogP contribution in [0, 0.1) is 0 Å². The molecule has 11 rings (SSSR count). The van der Waals surface area contributed by atoms with Crippen LogP contribution in [0.15, 0.2) is 239 Å². The summed E-state index contributed by atoms with van der Waals surface area (Å²) in [4.78, 5) is 22.3. The number of hydrogen-bond acceptors (Lipinski definition) is 9. The second kappa shape index (κ2) is 22.8. The van der Waals surface area contributed by atoms with E-state index in [1.54, 1.807) is 26.2 Å². The molecule has 1 amide bonds. The molecule has 0 atom stereocenters. The summed E-state index contributed by atoms with van der Waals surface area (Å²) in [6.45, 7) is 0.272. The fraction of sp³-hybridized carbons (Fsp3) is 0.0735. The minimum Gasteiger partial charge on any atom is -0.494 e. The van der Waals surface area contributed by atoms with E-state index < -0.39 is 0 Å². The molecular weight excluding hydrogens is 965 g/mol. The molecule has 0 fully saturated rings. The van der Waals surface area contributed by atoms with Crippen molar-refractivity contribution in [3.05, 3.63) is 252 Å². The average molecular weight is 1020 g/mol. The van der Waals surface area contributed by atoms with Crippen LogP contribution >= 0.6 is 0 Å². The quantitative estimate of drug-likeness (QED) is 0.0545. The highest BCUT2D eigenvalue weighted by Gasteiger charge is 2.24. The zero-order valence-electron chi connectivity index (χ0n) is 43.6. The molecule has 11 aromatic rings. The van der Waals surface area contributed by atoms with Gasteiger partial charge in [-0.15, -0.1) is 10.2 Å². The van der Waals surface area contributed by atoms with E-state index in [0.717, 1.165) is 88.0 Å². The van der Waals surface area contributed by atoms with E-state index in [4.69, 9.17) is 24.5 Å². The molecule has 0 spiro atoms. The van der Waals surface area contributed by atoms with Gasteiger partial charge in [-0.2, -0.15) is 10.2 Å². The van der Waals surface area contributed by atoms with Crippen LogP contribution in [0.25, 0.3) is 67.4 Å². The van der Waals surface area contributed by atoms with Gasteiger partial charge in [0, 0.05) is 41.2 Å². The maximum atomic E-state index is 14.3. The number of nitrogens with zero attached hydrogens (tertiary/aromatic N) is 6. The van der Waals surface area contributed by atoms with E-state index in [2.05, 4.69) is 95.2 Å². The van der Waals surface area contributed by atoms with Crippen molar-refractivity contribution in [3.8, 4) is 11.5 Å². The second-order valence-electron chi connectivity index (χ2n) is 18.7. The molecule has 0 aliphatic carbocycles. The fourth-order valence-corrected chi connectivity index (χ4v) is 9.71. The lowest BCUT2D eigenvalue weighted by Gasteiger charge is -2.22. The second-order valence-corrected chi connectivity index (χ2v) is 18.7. The molecule has 10 nitrogen and oxygen atoms in total. The van der Waals surface area contributed by atoms with Crippen LogP contribution in [0.3, 0.4) is 0 Å². The molecule has 0 unspecified atom stereocenters. The minimum atomic E-state index is -0.213. The van der Waals surface area contributed by atoms with E-state index in [0.29, 0.717) is 34.1 Å². The number of anilines is 2. The van der Waals surface area contributed by atoms with Gasteiger partial charge in [0.05, 0.1) is 42.5 Å². The van der Waals surface area contributed by atoms with Gasteiger partial charge in [-0.25, -0.2) is 0 Å². The van der Waals surface area contributed by atoms with Gasteiger partial charge in [0.15, 0.2) is 11.5 Å². The number of ether oxygens (including phenoxy) is 2. The number of fused-ring (bicyclic) bond motifs is 4. The number of amides is 1. The van der Waals surface area contributed by atoms with Crippen LogP contribution in [0.2, 0.25) is 0 Å². The van der Waals surface area contributed by atoms with Gasteiger partial charge in [0.1, 0.15) is 18.0 Å². The van der Waals surface area contributed by atoms with Gasteiger partial charge < -0.3 is 14.4 Å². The summed E-state index contributed by atoms with van der Waals surface area (Å²) < 4.78 is 11.9. The van der Waals surface area contributed by atoms with Crippen molar-refractivity contribution < 1.29 is 19.1 Å². The summed E-state index contributed by atoms with van der Waals surface area (Å²) >= 11 is 0. The first-order chi connectivity index (χ1) is 38.3. The highest BCUT2D eigenvalue weighted by atomic mass is 16.7. The van der Waals surface area contributed by atoms with Gasteiger partial charge >= 0.3 is 0 Å². The molecule has 10 heteroatoms. The Labute approximate surface area is 453 Å². The Morgan fingerprint density at radius 3 is 1.32 bits per heavy atom. The van der Waals surface area contributed by atoms with Crippen molar-refractivity contribution >= 4 is 107 Å². The molecule has 11 aromatic carbocycles.